The summed E-state index contributed by atoms with van der Waals surface area (Å²) in [7, 11) is 3.65. The standard InChI is InChI=1S/C22H33N5O2/c1-6-8-9-17(7-2)15-23-22(29)25-19-14-18(11-10-16(19)3)24-20(28)21-26(4)12-13-27(21)5/h10-14,17H,6-9,15H2,1-5H3,(H2-,23,24,25,28,29)/p+1. The molecule has 3 N–H and O–H groups in total. The smallest absolute Gasteiger partial charge is 0.338 e. The Morgan fingerprint density at radius 1 is 1.21 bits per heavy atom. The van der Waals surface area contributed by atoms with Gasteiger partial charge in [-0.3, -0.25) is 4.79 Å². The van der Waals surface area contributed by atoms with Gasteiger partial charge in [0.1, 0.15) is 12.4 Å². The maximum Gasteiger partial charge on any atom is 0.347 e. The van der Waals surface area contributed by atoms with Gasteiger partial charge in [-0.15, -0.1) is 0 Å². The number of urea groups is 1. The minimum absolute atomic E-state index is 0.207. The first-order chi connectivity index (χ1) is 13.8. The van der Waals surface area contributed by atoms with Crippen molar-refractivity contribution in [2.45, 2.75) is 46.5 Å². The summed E-state index contributed by atoms with van der Waals surface area (Å²) in [6.07, 6.45) is 8.18. The van der Waals surface area contributed by atoms with Gasteiger partial charge in [0.05, 0.1) is 14.1 Å². The number of hydrogen-bond acceptors (Lipinski definition) is 2. The van der Waals surface area contributed by atoms with Gasteiger partial charge in [0.25, 0.3) is 0 Å². The minimum atomic E-state index is -0.222. The third-order valence-electron chi connectivity index (χ3n) is 5.22. The van der Waals surface area contributed by atoms with E-state index in [9.17, 15) is 9.59 Å². The molecule has 2 aromatic rings. The zero-order valence-electron chi connectivity index (χ0n) is 18.2. The quantitative estimate of drug-likeness (QED) is 0.561. The van der Waals surface area contributed by atoms with Crippen molar-refractivity contribution >= 4 is 23.3 Å². The molecule has 0 aliphatic heterocycles. The van der Waals surface area contributed by atoms with E-state index in [1.807, 2.05) is 45.5 Å². The Morgan fingerprint density at radius 2 is 1.97 bits per heavy atom. The van der Waals surface area contributed by atoms with E-state index in [4.69, 9.17) is 0 Å². The van der Waals surface area contributed by atoms with Crippen molar-refractivity contribution < 1.29 is 14.2 Å². The summed E-state index contributed by atoms with van der Waals surface area (Å²) in [4.78, 5) is 24.9. The fourth-order valence-electron chi connectivity index (χ4n) is 3.28. The van der Waals surface area contributed by atoms with Crippen LogP contribution in [0.4, 0.5) is 16.2 Å². The van der Waals surface area contributed by atoms with E-state index >= 15 is 0 Å². The molecule has 1 unspecified atom stereocenters. The topological polar surface area (TPSA) is 79.0 Å². The molecule has 0 spiro atoms. The van der Waals surface area contributed by atoms with Crippen LogP contribution in [0.25, 0.3) is 0 Å². The summed E-state index contributed by atoms with van der Waals surface area (Å²) in [5.74, 6) is 0.829. The molecule has 0 fully saturated rings. The molecule has 1 atom stereocenters. The van der Waals surface area contributed by atoms with Crippen molar-refractivity contribution in [3.05, 3.63) is 42.0 Å². The van der Waals surface area contributed by atoms with Gasteiger partial charge >= 0.3 is 17.8 Å². The van der Waals surface area contributed by atoms with E-state index in [0.29, 0.717) is 29.7 Å². The molecular weight excluding hydrogens is 366 g/mol. The van der Waals surface area contributed by atoms with Crippen LogP contribution in [-0.4, -0.2) is 23.1 Å². The van der Waals surface area contributed by atoms with Crippen molar-refractivity contribution in [2.24, 2.45) is 20.0 Å². The van der Waals surface area contributed by atoms with Gasteiger partial charge in [-0.1, -0.05) is 39.2 Å². The molecule has 0 aliphatic rings. The number of rotatable bonds is 9. The van der Waals surface area contributed by atoms with E-state index in [-0.39, 0.29) is 11.9 Å². The molecule has 29 heavy (non-hydrogen) atoms. The number of hydrogen-bond donors (Lipinski definition) is 3. The summed E-state index contributed by atoms with van der Waals surface area (Å²) in [5.41, 5.74) is 2.24. The number of benzene rings is 1. The molecule has 0 bridgehead atoms. The highest BCUT2D eigenvalue weighted by atomic mass is 16.2. The van der Waals surface area contributed by atoms with Gasteiger partial charge in [-0.05, 0) is 37.0 Å². The normalized spacial score (nSPS) is 11.8. The SMILES string of the molecule is CCCCC(CC)CNC(=O)Nc1cc(NC(=O)c2n(C)cc[n+]2C)ccc1C. The number of imidazole rings is 1. The second-order valence-electron chi connectivity index (χ2n) is 7.58. The van der Waals surface area contributed by atoms with Crippen LogP contribution in [0.1, 0.15) is 55.7 Å². The molecule has 7 nitrogen and oxygen atoms in total. The fraction of sp³-hybridized carbons (Fsp3) is 0.500. The van der Waals surface area contributed by atoms with Gasteiger partial charge in [0.15, 0.2) is 0 Å². The van der Waals surface area contributed by atoms with Crippen LogP contribution in [-0.2, 0) is 14.1 Å². The number of amides is 3. The van der Waals surface area contributed by atoms with Crippen LogP contribution in [0.5, 0.6) is 0 Å². The zero-order chi connectivity index (χ0) is 21.4. The largest absolute Gasteiger partial charge is 0.347 e. The molecule has 3 amide bonds. The number of aryl methyl sites for hydroxylation is 3. The molecule has 158 valence electrons. The maximum absolute atomic E-state index is 12.6. The lowest BCUT2D eigenvalue weighted by molar-refractivity contribution is -0.672. The lowest BCUT2D eigenvalue weighted by Crippen LogP contribution is -2.37. The number of aromatic nitrogens is 2. The second kappa shape index (κ2) is 10.6. The monoisotopic (exact) mass is 400 g/mol. The zero-order valence-corrected chi connectivity index (χ0v) is 18.2. The van der Waals surface area contributed by atoms with E-state index in [0.717, 1.165) is 18.4 Å². The molecule has 1 heterocycles. The highest BCUT2D eigenvalue weighted by molar-refractivity contribution is 6.01. The van der Waals surface area contributed by atoms with Crippen molar-refractivity contribution in [2.75, 3.05) is 17.2 Å². The number of nitrogens with one attached hydrogen (secondary N) is 3. The summed E-state index contributed by atoms with van der Waals surface area (Å²) < 4.78 is 3.53. The lowest BCUT2D eigenvalue weighted by atomic mass is 9.99. The Hall–Kier alpha value is -2.83. The number of carbonyl (C=O) groups is 2. The van der Waals surface area contributed by atoms with E-state index in [1.165, 1.54) is 12.8 Å². The first-order valence-electron chi connectivity index (χ1n) is 10.3. The van der Waals surface area contributed by atoms with Crippen molar-refractivity contribution in [1.29, 1.82) is 0 Å². The summed E-state index contributed by atoms with van der Waals surface area (Å²) in [6, 6.07) is 5.27. The third-order valence-corrected chi connectivity index (χ3v) is 5.22. The number of nitrogens with zero attached hydrogens (tertiary/aromatic N) is 2. The highest BCUT2D eigenvalue weighted by Crippen LogP contribution is 2.21. The molecule has 0 aliphatic carbocycles. The molecule has 1 aromatic heterocycles. The van der Waals surface area contributed by atoms with Crippen LogP contribution in [0.2, 0.25) is 0 Å². The number of carbonyl (C=O) groups excluding carboxylic acids is 2. The Labute approximate surface area is 173 Å². The van der Waals surface area contributed by atoms with Gasteiger partial charge < -0.3 is 16.0 Å². The molecule has 0 saturated heterocycles. The molecular formula is C22H34N5O2+. The molecule has 1 aromatic carbocycles. The predicted molar refractivity (Wildman–Crippen MR) is 116 cm³/mol. The Balaban J connectivity index is 1.99. The lowest BCUT2D eigenvalue weighted by Gasteiger charge is -2.16. The predicted octanol–water partition coefficient (Wildman–Crippen LogP) is 3.75. The van der Waals surface area contributed by atoms with E-state index < -0.39 is 0 Å². The average molecular weight is 401 g/mol. The molecule has 7 heteroatoms. The summed E-state index contributed by atoms with van der Waals surface area (Å²) in [6.45, 7) is 6.93. The first-order valence-corrected chi connectivity index (χ1v) is 10.3. The van der Waals surface area contributed by atoms with Crippen LogP contribution in [0.15, 0.2) is 30.6 Å². The highest BCUT2D eigenvalue weighted by Gasteiger charge is 2.21. The van der Waals surface area contributed by atoms with Crippen molar-refractivity contribution in [3.63, 3.8) is 0 Å². The Kier molecular flexibility index (Phi) is 8.24. The van der Waals surface area contributed by atoms with Crippen LogP contribution >= 0.6 is 0 Å². The first kappa shape index (κ1) is 22.5. The van der Waals surface area contributed by atoms with Gasteiger partial charge in [-0.25, -0.2) is 13.9 Å². The summed E-state index contributed by atoms with van der Waals surface area (Å²) in [5, 5.41) is 8.77. The Bertz CT molecular complexity index is 824. The van der Waals surface area contributed by atoms with Crippen LogP contribution < -0.4 is 20.5 Å². The molecule has 2 rings (SSSR count). The average Bonchev–Trinajstić information content (AvgIpc) is 3.03. The number of anilines is 2. The minimum Gasteiger partial charge on any atom is -0.338 e. The third kappa shape index (κ3) is 6.34. The molecule has 0 saturated carbocycles. The summed E-state index contributed by atoms with van der Waals surface area (Å²) >= 11 is 0. The number of unbranched alkanes of at least 4 members (excludes halogenated alkanes) is 1. The second-order valence-corrected chi connectivity index (χ2v) is 7.58. The van der Waals surface area contributed by atoms with Crippen molar-refractivity contribution in [3.8, 4) is 0 Å². The Morgan fingerprint density at radius 3 is 2.59 bits per heavy atom. The van der Waals surface area contributed by atoms with E-state index in [1.54, 1.807) is 15.2 Å². The van der Waals surface area contributed by atoms with Gasteiger partial charge in [-0.2, -0.15) is 0 Å². The van der Waals surface area contributed by atoms with Gasteiger partial charge in [0.2, 0.25) is 0 Å². The van der Waals surface area contributed by atoms with Crippen LogP contribution in [0.3, 0.4) is 0 Å². The van der Waals surface area contributed by atoms with Crippen LogP contribution in [0, 0.1) is 12.8 Å². The molecule has 0 radical (unpaired) electrons. The fourth-order valence-corrected chi connectivity index (χ4v) is 3.28. The van der Waals surface area contributed by atoms with E-state index in [2.05, 4.69) is 29.8 Å². The van der Waals surface area contributed by atoms with Crippen molar-refractivity contribution in [1.82, 2.24) is 9.88 Å². The maximum atomic E-state index is 12.6. The van der Waals surface area contributed by atoms with Gasteiger partial charge in [0, 0.05) is 17.9 Å².